The van der Waals surface area contributed by atoms with Gasteiger partial charge < -0.3 is 5.32 Å². The van der Waals surface area contributed by atoms with Crippen LogP contribution < -0.4 is 5.32 Å². The molecule has 24 heavy (non-hydrogen) atoms. The van der Waals surface area contributed by atoms with Gasteiger partial charge >= 0.3 is 0 Å². The molecule has 0 aliphatic heterocycles. The summed E-state index contributed by atoms with van der Waals surface area (Å²) in [5, 5.41) is 11.4. The molecule has 0 bridgehead atoms. The fraction of sp³-hybridized carbons (Fsp3) is 0.294. The Morgan fingerprint density at radius 3 is 2.79 bits per heavy atom. The predicted molar refractivity (Wildman–Crippen MR) is 99.6 cm³/mol. The molecule has 0 fully saturated rings. The quantitative estimate of drug-likeness (QED) is 0.699. The van der Waals surface area contributed by atoms with Crippen LogP contribution in [-0.2, 0) is 11.3 Å². The fourth-order valence-electron chi connectivity index (χ4n) is 2.41. The largest absolute Gasteiger partial charge is 0.310 e. The molecule has 0 aliphatic rings. The third-order valence-corrected chi connectivity index (χ3v) is 5.78. The van der Waals surface area contributed by atoms with Crippen molar-refractivity contribution in [1.82, 2.24) is 14.7 Å². The van der Waals surface area contributed by atoms with Crippen LogP contribution >= 0.6 is 22.7 Å². The molecule has 126 valence electrons. The molecule has 1 unspecified atom stereocenters. The summed E-state index contributed by atoms with van der Waals surface area (Å²) in [5.41, 5.74) is 0. The number of anilines is 1. The van der Waals surface area contributed by atoms with E-state index >= 15 is 0 Å². The van der Waals surface area contributed by atoms with E-state index in [9.17, 15) is 4.79 Å². The lowest BCUT2D eigenvalue weighted by Gasteiger charge is -2.23. The maximum atomic E-state index is 12.4. The molecule has 1 N–H and O–H groups in total. The molecule has 0 aliphatic carbocycles. The van der Waals surface area contributed by atoms with Gasteiger partial charge in [0.05, 0.1) is 19.3 Å². The van der Waals surface area contributed by atoms with Gasteiger partial charge in [-0.3, -0.25) is 9.69 Å². The number of nitrogens with zero attached hydrogens (tertiary/aromatic N) is 3. The Morgan fingerprint density at radius 1 is 1.29 bits per heavy atom. The summed E-state index contributed by atoms with van der Waals surface area (Å²) in [6, 6.07) is 10.3. The number of carbonyl (C=O) groups is 1. The van der Waals surface area contributed by atoms with Crippen LogP contribution in [0.4, 0.5) is 5.82 Å². The van der Waals surface area contributed by atoms with E-state index in [0.717, 1.165) is 5.82 Å². The van der Waals surface area contributed by atoms with Gasteiger partial charge in [-0.1, -0.05) is 12.1 Å². The molecule has 3 aromatic heterocycles. The van der Waals surface area contributed by atoms with Gasteiger partial charge in [0.25, 0.3) is 0 Å². The van der Waals surface area contributed by atoms with Crippen molar-refractivity contribution in [3.05, 3.63) is 57.0 Å². The zero-order valence-electron chi connectivity index (χ0n) is 13.7. The Bertz CT molecular complexity index is 764. The Labute approximate surface area is 149 Å². The highest BCUT2D eigenvalue weighted by Gasteiger charge is 2.16. The first-order chi connectivity index (χ1) is 11.6. The second-order valence-corrected chi connectivity index (χ2v) is 7.62. The lowest BCUT2D eigenvalue weighted by molar-refractivity contribution is -0.117. The summed E-state index contributed by atoms with van der Waals surface area (Å²) in [7, 11) is 1.97. The molecule has 3 rings (SSSR count). The van der Waals surface area contributed by atoms with Gasteiger partial charge in [-0.15, -0.1) is 22.7 Å². The molecular formula is C17H20N4OS2. The average molecular weight is 361 g/mol. The molecule has 0 aromatic carbocycles. The number of likely N-dealkylation sites (N-methyl/N-ethyl adjacent to an activating group) is 1. The normalized spacial score (nSPS) is 12.5. The van der Waals surface area contributed by atoms with Crippen molar-refractivity contribution in [2.45, 2.75) is 19.5 Å². The minimum absolute atomic E-state index is 0.0335. The standard InChI is InChI=1S/C17H20N4OS2/c1-13(15-6-4-10-24-15)20(2)12-17(22)19-16-7-8-18-21(16)11-14-5-3-9-23-14/h3-10,13H,11-12H2,1-2H3,(H,19,22). The summed E-state index contributed by atoms with van der Waals surface area (Å²) in [6.07, 6.45) is 1.71. The van der Waals surface area contributed by atoms with Crippen molar-refractivity contribution in [3.63, 3.8) is 0 Å². The molecule has 1 atom stereocenters. The predicted octanol–water partition coefficient (Wildman–Crippen LogP) is 3.69. The Balaban J connectivity index is 1.58. The van der Waals surface area contributed by atoms with E-state index in [-0.39, 0.29) is 11.9 Å². The van der Waals surface area contributed by atoms with E-state index in [1.807, 2.05) is 40.2 Å². The maximum Gasteiger partial charge on any atom is 0.239 e. The molecule has 7 heteroatoms. The van der Waals surface area contributed by atoms with Gasteiger partial charge in [0, 0.05) is 21.9 Å². The van der Waals surface area contributed by atoms with Gasteiger partial charge in [0.2, 0.25) is 5.91 Å². The SMILES string of the molecule is CC(c1cccs1)N(C)CC(=O)Nc1ccnn1Cc1cccs1. The zero-order valence-corrected chi connectivity index (χ0v) is 15.3. The van der Waals surface area contributed by atoms with Crippen LogP contribution in [0, 0.1) is 0 Å². The van der Waals surface area contributed by atoms with Crippen LogP contribution in [0.25, 0.3) is 0 Å². The topological polar surface area (TPSA) is 50.2 Å². The van der Waals surface area contributed by atoms with Gasteiger partial charge in [0.15, 0.2) is 0 Å². The van der Waals surface area contributed by atoms with Crippen molar-refractivity contribution in [2.24, 2.45) is 0 Å². The van der Waals surface area contributed by atoms with Crippen molar-refractivity contribution < 1.29 is 4.79 Å². The van der Waals surface area contributed by atoms with E-state index in [1.54, 1.807) is 28.9 Å². The fourth-order valence-corrected chi connectivity index (χ4v) is 3.94. The summed E-state index contributed by atoms with van der Waals surface area (Å²) >= 11 is 3.39. The molecule has 5 nitrogen and oxygen atoms in total. The van der Waals surface area contributed by atoms with E-state index in [0.29, 0.717) is 13.1 Å². The third-order valence-electron chi connectivity index (χ3n) is 3.88. The summed E-state index contributed by atoms with van der Waals surface area (Å²) in [4.78, 5) is 16.9. The smallest absolute Gasteiger partial charge is 0.239 e. The summed E-state index contributed by atoms with van der Waals surface area (Å²) in [6.45, 7) is 3.12. The van der Waals surface area contributed by atoms with Crippen LogP contribution in [0.2, 0.25) is 0 Å². The van der Waals surface area contributed by atoms with E-state index in [2.05, 4.69) is 34.9 Å². The molecule has 0 saturated heterocycles. The first kappa shape index (κ1) is 16.9. The van der Waals surface area contributed by atoms with Crippen molar-refractivity contribution >= 4 is 34.4 Å². The molecule has 1 amide bonds. The number of thiophene rings is 2. The molecule has 0 saturated carbocycles. The van der Waals surface area contributed by atoms with Crippen molar-refractivity contribution in [1.29, 1.82) is 0 Å². The van der Waals surface area contributed by atoms with E-state index < -0.39 is 0 Å². The molecular weight excluding hydrogens is 340 g/mol. The zero-order chi connectivity index (χ0) is 16.9. The minimum atomic E-state index is -0.0335. The summed E-state index contributed by atoms with van der Waals surface area (Å²) < 4.78 is 1.81. The number of aromatic nitrogens is 2. The van der Waals surface area contributed by atoms with E-state index in [1.165, 1.54) is 9.75 Å². The van der Waals surface area contributed by atoms with Gasteiger partial charge in [0.1, 0.15) is 5.82 Å². The second kappa shape index (κ2) is 7.74. The van der Waals surface area contributed by atoms with Crippen LogP contribution in [0.3, 0.4) is 0 Å². The van der Waals surface area contributed by atoms with Crippen LogP contribution in [-0.4, -0.2) is 34.2 Å². The number of hydrogen-bond donors (Lipinski definition) is 1. The number of carbonyl (C=O) groups excluding carboxylic acids is 1. The Hall–Kier alpha value is -1.96. The Morgan fingerprint density at radius 2 is 2.08 bits per heavy atom. The number of amides is 1. The van der Waals surface area contributed by atoms with Crippen molar-refractivity contribution in [2.75, 3.05) is 18.9 Å². The van der Waals surface area contributed by atoms with Crippen LogP contribution in [0.1, 0.15) is 22.7 Å². The lowest BCUT2D eigenvalue weighted by Crippen LogP contribution is -2.32. The highest BCUT2D eigenvalue weighted by molar-refractivity contribution is 7.10. The highest BCUT2D eigenvalue weighted by Crippen LogP contribution is 2.23. The average Bonchev–Trinajstić information content (AvgIpc) is 3.30. The molecule has 0 radical (unpaired) electrons. The first-order valence-electron chi connectivity index (χ1n) is 7.71. The van der Waals surface area contributed by atoms with Gasteiger partial charge in [-0.2, -0.15) is 5.10 Å². The Kier molecular flexibility index (Phi) is 5.44. The van der Waals surface area contributed by atoms with Crippen molar-refractivity contribution in [3.8, 4) is 0 Å². The number of hydrogen-bond acceptors (Lipinski definition) is 5. The van der Waals surface area contributed by atoms with Gasteiger partial charge in [-0.25, -0.2) is 4.68 Å². The third kappa shape index (κ3) is 4.11. The van der Waals surface area contributed by atoms with E-state index in [4.69, 9.17) is 0 Å². The molecule has 3 heterocycles. The molecule has 3 aromatic rings. The van der Waals surface area contributed by atoms with Crippen LogP contribution in [0.15, 0.2) is 47.3 Å². The highest BCUT2D eigenvalue weighted by atomic mass is 32.1. The lowest BCUT2D eigenvalue weighted by atomic mass is 10.2. The number of rotatable bonds is 7. The first-order valence-corrected chi connectivity index (χ1v) is 9.47. The molecule has 0 spiro atoms. The maximum absolute atomic E-state index is 12.4. The van der Waals surface area contributed by atoms with Crippen LogP contribution in [0.5, 0.6) is 0 Å². The summed E-state index contributed by atoms with van der Waals surface area (Å²) in [5.74, 6) is 0.694. The minimum Gasteiger partial charge on any atom is -0.310 e. The van der Waals surface area contributed by atoms with Gasteiger partial charge in [-0.05, 0) is 36.9 Å². The number of nitrogens with one attached hydrogen (secondary N) is 1. The second-order valence-electron chi connectivity index (χ2n) is 5.61. The monoisotopic (exact) mass is 360 g/mol.